The molecule has 0 spiro atoms. The van der Waals surface area contributed by atoms with Crippen molar-refractivity contribution < 1.29 is 4.79 Å². The highest BCUT2D eigenvalue weighted by molar-refractivity contribution is 7.99. The predicted molar refractivity (Wildman–Crippen MR) is 72.0 cm³/mol. The van der Waals surface area contributed by atoms with Crippen molar-refractivity contribution in [2.45, 2.75) is 50.1 Å². The van der Waals surface area contributed by atoms with Gasteiger partial charge in [0.25, 0.3) is 0 Å². The normalized spacial score (nSPS) is 18.8. The molecule has 0 amide bonds. The molecule has 0 aliphatic heterocycles. The van der Waals surface area contributed by atoms with Crippen molar-refractivity contribution in [3.05, 3.63) is 17.5 Å². The average Bonchev–Trinajstić information content (AvgIpc) is 3.19. The van der Waals surface area contributed by atoms with Crippen LogP contribution in [0.2, 0.25) is 0 Å². The Bertz CT molecular complexity index is 457. The van der Waals surface area contributed by atoms with Gasteiger partial charge in [0.2, 0.25) is 0 Å². The fourth-order valence-corrected chi connectivity index (χ4v) is 3.18. The van der Waals surface area contributed by atoms with Crippen LogP contribution in [0, 0.1) is 5.92 Å². The summed E-state index contributed by atoms with van der Waals surface area (Å²) in [7, 11) is 0. The molecule has 2 aliphatic rings. The SMILES string of the molecule is O=C1CCCc2nc(SCCCC3CC3)ncc21. The minimum absolute atomic E-state index is 0.210. The van der Waals surface area contributed by atoms with E-state index in [0.717, 1.165) is 40.9 Å². The standard InChI is InChI=1S/C14H18N2OS/c17-13-5-1-4-12-11(13)9-15-14(16-12)18-8-2-3-10-6-7-10/h9-10H,1-8H2. The Morgan fingerprint density at radius 1 is 1.33 bits per heavy atom. The van der Waals surface area contributed by atoms with E-state index in [2.05, 4.69) is 9.97 Å². The minimum atomic E-state index is 0.210. The molecular formula is C14H18N2OS. The fraction of sp³-hybridized carbons (Fsp3) is 0.643. The lowest BCUT2D eigenvalue weighted by Gasteiger charge is -2.13. The summed E-state index contributed by atoms with van der Waals surface area (Å²) in [5, 5.41) is 0.847. The lowest BCUT2D eigenvalue weighted by atomic mass is 9.96. The van der Waals surface area contributed by atoms with Gasteiger partial charge in [-0.25, -0.2) is 9.97 Å². The van der Waals surface area contributed by atoms with Crippen molar-refractivity contribution in [3.8, 4) is 0 Å². The molecule has 18 heavy (non-hydrogen) atoms. The van der Waals surface area contributed by atoms with Crippen molar-refractivity contribution in [1.29, 1.82) is 0 Å². The molecule has 0 unspecified atom stereocenters. The monoisotopic (exact) mass is 262 g/mol. The third kappa shape index (κ3) is 2.91. The molecule has 1 heterocycles. The molecule has 0 saturated heterocycles. The van der Waals surface area contributed by atoms with Crippen LogP contribution in [0.25, 0.3) is 0 Å². The van der Waals surface area contributed by atoms with Gasteiger partial charge in [0.05, 0.1) is 11.3 Å². The van der Waals surface area contributed by atoms with E-state index in [0.29, 0.717) is 6.42 Å². The van der Waals surface area contributed by atoms with Gasteiger partial charge in [0, 0.05) is 18.4 Å². The zero-order valence-corrected chi connectivity index (χ0v) is 11.3. The Morgan fingerprint density at radius 2 is 2.22 bits per heavy atom. The molecular weight excluding hydrogens is 244 g/mol. The molecule has 0 atom stereocenters. The van der Waals surface area contributed by atoms with E-state index >= 15 is 0 Å². The molecule has 1 aromatic rings. The van der Waals surface area contributed by atoms with Crippen molar-refractivity contribution >= 4 is 17.5 Å². The molecule has 3 rings (SSSR count). The molecule has 3 nitrogen and oxygen atoms in total. The smallest absolute Gasteiger partial charge is 0.187 e. The second-order valence-corrected chi connectivity index (χ2v) is 6.29. The second-order valence-electron chi connectivity index (χ2n) is 5.22. The fourth-order valence-electron chi connectivity index (χ4n) is 2.38. The number of aryl methyl sites for hydroxylation is 1. The molecule has 0 aromatic carbocycles. The van der Waals surface area contributed by atoms with Crippen LogP contribution in [0.1, 0.15) is 54.6 Å². The number of thioether (sulfide) groups is 1. The first-order chi connectivity index (χ1) is 8.83. The molecule has 1 saturated carbocycles. The average molecular weight is 262 g/mol. The summed E-state index contributed by atoms with van der Waals surface area (Å²) in [6.45, 7) is 0. The minimum Gasteiger partial charge on any atom is -0.294 e. The van der Waals surface area contributed by atoms with Gasteiger partial charge in [-0.2, -0.15) is 0 Å². The highest BCUT2D eigenvalue weighted by Crippen LogP contribution is 2.34. The molecule has 4 heteroatoms. The zero-order valence-electron chi connectivity index (χ0n) is 10.5. The van der Waals surface area contributed by atoms with E-state index in [1.54, 1.807) is 18.0 Å². The number of carbonyl (C=O) groups is 1. The molecule has 2 aliphatic carbocycles. The Kier molecular flexibility index (Phi) is 3.64. The van der Waals surface area contributed by atoms with Crippen LogP contribution in [-0.4, -0.2) is 21.5 Å². The third-order valence-corrected chi connectivity index (χ3v) is 4.60. The van der Waals surface area contributed by atoms with Crippen LogP contribution >= 0.6 is 11.8 Å². The van der Waals surface area contributed by atoms with Gasteiger partial charge in [0.15, 0.2) is 10.9 Å². The van der Waals surface area contributed by atoms with Gasteiger partial charge in [-0.3, -0.25) is 4.79 Å². The molecule has 1 fully saturated rings. The largest absolute Gasteiger partial charge is 0.294 e. The number of rotatable bonds is 5. The summed E-state index contributed by atoms with van der Waals surface area (Å²) in [5.41, 5.74) is 1.72. The van der Waals surface area contributed by atoms with Crippen LogP contribution in [0.3, 0.4) is 0 Å². The van der Waals surface area contributed by atoms with Crippen molar-refractivity contribution in [3.63, 3.8) is 0 Å². The Labute approximate surface area is 112 Å². The summed E-state index contributed by atoms with van der Waals surface area (Å²) >= 11 is 1.73. The van der Waals surface area contributed by atoms with Gasteiger partial charge in [0.1, 0.15) is 0 Å². The molecule has 1 aromatic heterocycles. The number of nitrogens with zero attached hydrogens (tertiary/aromatic N) is 2. The van der Waals surface area contributed by atoms with Crippen LogP contribution in [-0.2, 0) is 6.42 Å². The quantitative estimate of drug-likeness (QED) is 0.464. The number of aromatic nitrogens is 2. The lowest BCUT2D eigenvalue weighted by Crippen LogP contribution is -2.13. The summed E-state index contributed by atoms with van der Waals surface area (Å²) in [5.74, 6) is 2.32. The zero-order chi connectivity index (χ0) is 12.4. The van der Waals surface area contributed by atoms with Crippen molar-refractivity contribution in [2.24, 2.45) is 5.92 Å². The number of carbonyl (C=O) groups excluding carboxylic acids is 1. The van der Waals surface area contributed by atoms with Crippen LogP contribution in [0.4, 0.5) is 0 Å². The Morgan fingerprint density at radius 3 is 3.06 bits per heavy atom. The van der Waals surface area contributed by atoms with Crippen LogP contribution < -0.4 is 0 Å². The first-order valence-electron chi connectivity index (χ1n) is 6.85. The molecule has 0 N–H and O–H groups in total. The Balaban J connectivity index is 1.57. The van der Waals surface area contributed by atoms with E-state index in [9.17, 15) is 4.79 Å². The molecule has 0 radical (unpaired) electrons. The van der Waals surface area contributed by atoms with Gasteiger partial charge < -0.3 is 0 Å². The second kappa shape index (κ2) is 5.39. The van der Waals surface area contributed by atoms with E-state index in [1.165, 1.54) is 25.7 Å². The molecule has 0 bridgehead atoms. The predicted octanol–water partition coefficient (Wildman–Crippen LogP) is 3.28. The topological polar surface area (TPSA) is 42.9 Å². The summed E-state index contributed by atoms with van der Waals surface area (Å²) in [6, 6.07) is 0. The summed E-state index contributed by atoms with van der Waals surface area (Å²) in [6.07, 6.45) is 9.74. The maximum atomic E-state index is 11.7. The number of ketones is 1. The first kappa shape index (κ1) is 12.2. The summed E-state index contributed by atoms with van der Waals surface area (Å²) in [4.78, 5) is 20.5. The van der Waals surface area contributed by atoms with Crippen molar-refractivity contribution in [1.82, 2.24) is 9.97 Å². The number of Topliss-reactive ketones (excluding diaryl/α,β-unsaturated/α-hetero) is 1. The first-order valence-corrected chi connectivity index (χ1v) is 7.83. The van der Waals surface area contributed by atoms with E-state index < -0.39 is 0 Å². The maximum absolute atomic E-state index is 11.7. The maximum Gasteiger partial charge on any atom is 0.187 e. The highest BCUT2D eigenvalue weighted by atomic mass is 32.2. The number of fused-ring (bicyclic) bond motifs is 1. The number of hydrogen-bond acceptors (Lipinski definition) is 4. The third-order valence-electron chi connectivity index (χ3n) is 3.65. The van der Waals surface area contributed by atoms with Gasteiger partial charge in [-0.15, -0.1) is 0 Å². The van der Waals surface area contributed by atoms with Gasteiger partial charge in [-0.1, -0.05) is 24.6 Å². The van der Waals surface area contributed by atoms with E-state index in [4.69, 9.17) is 0 Å². The summed E-state index contributed by atoms with van der Waals surface area (Å²) < 4.78 is 0. The lowest BCUT2D eigenvalue weighted by molar-refractivity contribution is 0.0970. The van der Waals surface area contributed by atoms with E-state index in [-0.39, 0.29) is 5.78 Å². The van der Waals surface area contributed by atoms with Gasteiger partial charge >= 0.3 is 0 Å². The van der Waals surface area contributed by atoms with Crippen LogP contribution in [0.15, 0.2) is 11.4 Å². The van der Waals surface area contributed by atoms with Crippen molar-refractivity contribution in [2.75, 3.05) is 5.75 Å². The van der Waals surface area contributed by atoms with E-state index in [1.807, 2.05) is 0 Å². The highest BCUT2D eigenvalue weighted by Gasteiger charge is 2.21. The van der Waals surface area contributed by atoms with Crippen LogP contribution in [0.5, 0.6) is 0 Å². The molecule has 96 valence electrons. The van der Waals surface area contributed by atoms with Gasteiger partial charge in [-0.05, 0) is 31.6 Å². The Hall–Kier alpha value is -0.900. The number of hydrogen-bond donors (Lipinski definition) is 0.